The van der Waals surface area contributed by atoms with E-state index in [9.17, 15) is 4.79 Å². The highest BCUT2D eigenvalue weighted by atomic mass is 32.1. The standard InChI is InChI=1S/C15H13N3O2S/c1-10-3-5-16-13(7-10)18-8-11(9-19)14(17-18)15-12(20-2)4-6-21-15/h3-9H,1-2H3. The van der Waals surface area contributed by atoms with Crippen LogP contribution in [0.5, 0.6) is 5.75 Å². The van der Waals surface area contributed by atoms with Crippen LogP contribution in [-0.2, 0) is 0 Å². The topological polar surface area (TPSA) is 57.0 Å². The normalized spacial score (nSPS) is 10.6. The first kappa shape index (κ1) is 13.5. The summed E-state index contributed by atoms with van der Waals surface area (Å²) in [4.78, 5) is 16.4. The number of hydrogen-bond donors (Lipinski definition) is 0. The SMILES string of the molecule is COc1ccsc1-c1nn(-c2cc(C)ccn2)cc1C=O. The molecule has 3 aromatic rings. The maximum Gasteiger partial charge on any atom is 0.153 e. The van der Waals surface area contributed by atoms with Gasteiger partial charge in [-0.2, -0.15) is 5.10 Å². The summed E-state index contributed by atoms with van der Waals surface area (Å²) in [5, 5.41) is 6.41. The number of aromatic nitrogens is 3. The molecule has 0 saturated heterocycles. The Balaban J connectivity index is 2.13. The Bertz CT molecular complexity index is 792. The molecule has 6 heteroatoms. The van der Waals surface area contributed by atoms with Crippen molar-refractivity contribution in [1.29, 1.82) is 0 Å². The van der Waals surface area contributed by atoms with Crippen LogP contribution in [0.1, 0.15) is 15.9 Å². The minimum atomic E-state index is 0.513. The molecular formula is C15H13N3O2S. The smallest absolute Gasteiger partial charge is 0.153 e. The Hall–Kier alpha value is -2.47. The van der Waals surface area contributed by atoms with E-state index in [1.807, 2.05) is 30.5 Å². The highest BCUT2D eigenvalue weighted by Crippen LogP contribution is 2.36. The fourth-order valence-corrected chi connectivity index (χ4v) is 2.91. The number of pyridine rings is 1. The summed E-state index contributed by atoms with van der Waals surface area (Å²) in [7, 11) is 1.60. The first-order chi connectivity index (χ1) is 10.2. The molecule has 3 heterocycles. The number of ether oxygens (including phenoxy) is 1. The van der Waals surface area contributed by atoms with Gasteiger partial charge in [-0.25, -0.2) is 9.67 Å². The predicted molar refractivity (Wildman–Crippen MR) is 81.3 cm³/mol. The van der Waals surface area contributed by atoms with E-state index in [-0.39, 0.29) is 0 Å². The average Bonchev–Trinajstić information content (AvgIpc) is 3.12. The van der Waals surface area contributed by atoms with Crippen molar-refractivity contribution in [2.24, 2.45) is 0 Å². The summed E-state index contributed by atoms with van der Waals surface area (Å²) in [6.45, 7) is 1.98. The van der Waals surface area contributed by atoms with Gasteiger partial charge in [0, 0.05) is 12.4 Å². The van der Waals surface area contributed by atoms with E-state index >= 15 is 0 Å². The van der Waals surface area contributed by atoms with Crippen LogP contribution in [0.25, 0.3) is 16.4 Å². The first-order valence-corrected chi connectivity index (χ1v) is 7.20. The molecule has 3 aromatic heterocycles. The number of aldehydes is 1. The van der Waals surface area contributed by atoms with Gasteiger partial charge in [0.1, 0.15) is 11.4 Å². The van der Waals surface area contributed by atoms with Crippen molar-refractivity contribution < 1.29 is 9.53 Å². The number of hydrogen-bond acceptors (Lipinski definition) is 5. The average molecular weight is 299 g/mol. The van der Waals surface area contributed by atoms with Gasteiger partial charge in [0.05, 0.1) is 17.6 Å². The van der Waals surface area contributed by atoms with E-state index in [1.165, 1.54) is 11.3 Å². The molecule has 0 bridgehead atoms. The monoisotopic (exact) mass is 299 g/mol. The lowest BCUT2D eigenvalue weighted by molar-refractivity contribution is 0.112. The zero-order valence-corrected chi connectivity index (χ0v) is 12.4. The lowest BCUT2D eigenvalue weighted by atomic mass is 10.2. The Morgan fingerprint density at radius 3 is 2.95 bits per heavy atom. The van der Waals surface area contributed by atoms with Crippen molar-refractivity contribution in [3.05, 3.63) is 47.1 Å². The van der Waals surface area contributed by atoms with E-state index in [4.69, 9.17) is 4.74 Å². The summed E-state index contributed by atoms with van der Waals surface area (Å²) in [6, 6.07) is 5.69. The van der Waals surface area contributed by atoms with E-state index in [2.05, 4.69) is 10.1 Å². The minimum Gasteiger partial charge on any atom is -0.495 e. The number of rotatable bonds is 4. The lowest BCUT2D eigenvalue weighted by Crippen LogP contribution is -1.98. The van der Waals surface area contributed by atoms with Crippen LogP contribution in [0.15, 0.2) is 36.0 Å². The molecule has 5 nitrogen and oxygen atoms in total. The molecular weight excluding hydrogens is 286 g/mol. The molecule has 0 amide bonds. The second-order valence-electron chi connectivity index (χ2n) is 4.50. The van der Waals surface area contributed by atoms with Gasteiger partial charge in [0.15, 0.2) is 12.1 Å². The van der Waals surface area contributed by atoms with E-state index < -0.39 is 0 Å². The summed E-state index contributed by atoms with van der Waals surface area (Å²) in [6.07, 6.45) is 4.20. The fraction of sp³-hybridized carbons (Fsp3) is 0.133. The summed E-state index contributed by atoms with van der Waals surface area (Å²) >= 11 is 1.49. The molecule has 21 heavy (non-hydrogen) atoms. The van der Waals surface area contributed by atoms with Gasteiger partial charge in [0.25, 0.3) is 0 Å². The molecule has 0 spiro atoms. The Morgan fingerprint density at radius 2 is 2.24 bits per heavy atom. The molecule has 0 aliphatic carbocycles. The van der Waals surface area contributed by atoms with E-state index in [0.717, 1.165) is 16.7 Å². The van der Waals surface area contributed by atoms with Gasteiger partial charge in [-0.15, -0.1) is 11.3 Å². The van der Waals surface area contributed by atoms with Gasteiger partial charge >= 0.3 is 0 Å². The van der Waals surface area contributed by atoms with Crippen LogP contribution >= 0.6 is 11.3 Å². The molecule has 0 aromatic carbocycles. The lowest BCUT2D eigenvalue weighted by Gasteiger charge is -2.01. The molecule has 0 saturated carbocycles. The van der Waals surface area contributed by atoms with Crippen molar-refractivity contribution in [2.45, 2.75) is 6.92 Å². The molecule has 106 valence electrons. The highest BCUT2D eigenvalue weighted by Gasteiger charge is 2.17. The number of nitrogens with zero attached hydrogens (tertiary/aromatic N) is 3. The Morgan fingerprint density at radius 1 is 1.38 bits per heavy atom. The van der Waals surface area contributed by atoms with Gasteiger partial charge in [-0.1, -0.05) is 0 Å². The number of carbonyl (C=O) groups excluding carboxylic acids is 1. The molecule has 0 aliphatic heterocycles. The van der Waals surface area contributed by atoms with Crippen molar-refractivity contribution in [3.8, 4) is 22.1 Å². The molecule has 0 N–H and O–H groups in total. The third kappa shape index (κ3) is 2.45. The van der Waals surface area contributed by atoms with Crippen LogP contribution in [0.4, 0.5) is 0 Å². The Labute approximate surface area is 125 Å². The van der Waals surface area contributed by atoms with Gasteiger partial charge in [0.2, 0.25) is 0 Å². The highest BCUT2D eigenvalue weighted by molar-refractivity contribution is 7.14. The van der Waals surface area contributed by atoms with Crippen LogP contribution < -0.4 is 4.74 Å². The zero-order chi connectivity index (χ0) is 14.8. The summed E-state index contributed by atoms with van der Waals surface area (Å²) in [5.41, 5.74) is 2.21. The van der Waals surface area contributed by atoms with Gasteiger partial charge in [-0.05, 0) is 36.1 Å². The summed E-state index contributed by atoms with van der Waals surface area (Å²) < 4.78 is 6.92. The third-order valence-corrected chi connectivity index (χ3v) is 3.97. The maximum absolute atomic E-state index is 11.3. The van der Waals surface area contributed by atoms with E-state index in [0.29, 0.717) is 22.8 Å². The molecule has 0 unspecified atom stereocenters. The van der Waals surface area contributed by atoms with Crippen LogP contribution in [0.2, 0.25) is 0 Å². The van der Waals surface area contributed by atoms with Crippen molar-refractivity contribution >= 4 is 17.6 Å². The molecule has 0 aliphatic rings. The van der Waals surface area contributed by atoms with Crippen LogP contribution in [0, 0.1) is 6.92 Å². The molecule has 3 rings (SSSR count). The largest absolute Gasteiger partial charge is 0.495 e. The van der Waals surface area contributed by atoms with Crippen molar-refractivity contribution in [1.82, 2.24) is 14.8 Å². The van der Waals surface area contributed by atoms with Crippen LogP contribution in [0.3, 0.4) is 0 Å². The second-order valence-corrected chi connectivity index (χ2v) is 5.42. The number of methoxy groups -OCH3 is 1. The van der Waals surface area contributed by atoms with E-state index in [1.54, 1.807) is 24.2 Å². The Kier molecular flexibility index (Phi) is 3.53. The number of aryl methyl sites for hydroxylation is 1. The quantitative estimate of drug-likeness (QED) is 0.695. The molecule has 0 radical (unpaired) electrons. The van der Waals surface area contributed by atoms with Gasteiger partial charge < -0.3 is 4.74 Å². The molecule has 0 atom stereocenters. The maximum atomic E-state index is 11.3. The van der Waals surface area contributed by atoms with Crippen molar-refractivity contribution in [3.63, 3.8) is 0 Å². The van der Waals surface area contributed by atoms with Gasteiger partial charge in [-0.3, -0.25) is 4.79 Å². The fourth-order valence-electron chi connectivity index (χ4n) is 2.04. The predicted octanol–water partition coefficient (Wildman–Crippen LogP) is 3.13. The zero-order valence-electron chi connectivity index (χ0n) is 11.6. The van der Waals surface area contributed by atoms with Crippen molar-refractivity contribution in [2.75, 3.05) is 7.11 Å². The number of thiophene rings is 1. The minimum absolute atomic E-state index is 0.513. The molecule has 0 fully saturated rings. The second kappa shape index (κ2) is 5.49. The number of carbonyl (C=O) groups is 1. The summed E-state index contributed by atoms with van der Waals surface area (Å²) in [5.74, 6) is 1.39. The van der Waals surface area contributed by atoms with Crippen LogP contribution in [-0.4, -0.2) is 28.2 Å². The third-order valence-electron chi connectivity index (χ3n) is 3.07. The first-order valence-electron chi connectivity index (χ1n) is 6.32.